The summed E-state index contributed by atoms with van der Waals surface area (Å²) in [6, 6.07) is 7.25. The van der Waals surface area contributed by atoms with E-state index in [9.17, 15) is 13.9 Å². The van der Waals surface area contributed by atoms with Crippen molar-refractivity contribution in [2.75, 3.05) is 0 Å². The van der Waals surface area contributed by atoms with Crippen LogP contribution in [0.1, 0.15) is 22.8 Å². The van der Waals surface area contributed by atoms with Gasteiger partial charge in [0.1, 0.15) is 17.7 Å². The quantitative estimate of drug-likeness (QED) is 0.776. The molecule has 0 heterocycles. The van der Waals surface area contributed by atoms with Crippen LogP contribution in [0.25, 0.3) is 0 Å². The van der Waals surface area contributed by atoms with E-state index in [1.54, 1.807) is 18.2 Å². The number of rotatable bonds is 2. The van der Waals surface area contributed by atoms with Gasteiger partial charge in [-0.3, -0.25) is 0 Å². The molecule has 0 amide bonds. The highest BCUT2D eigenvalue weighted by Gasteiger charge is 2.23. The summed E-state index contributed by atoms with van der Waals surface area (Å²) < 4.78 is 27.7. The molecule has 1 atom stereocenters. The molecule has 5 heteroatoms. The molecule has 0 aliphatic heterocycles. The first-order valence-electron chi connectivity index (χ1n) is 5.49. The smallest absolute Gasteiger partial charge is 0.146 e. The van der Waals surface area contributed by atoms with E-state index in [4.69, 9.17) is 11.6 Å². The van der Waals surface area contributed by atoms with Gasteiger partial charge in [0.05, 0.1) is 10.0 Å². The highest BCUT2D eigenvalue weighted by Crippen LogP contribution is 2.34. The van der Waals surface area contributed by atoms with E-state index in [0.717, 1.165) is 11.6 Å². The summed E-state index contributed by atoms with van der Waals surface area (Å²) in [7, 11) is 0. The standard InChI is InChI=1S/C14H10BrClF2O/c1-7-2-3-8(10(16)6-7)14(19)12-11(17)5-4-9(15)13(12)18/h2-6,14,19H,1H3. The van der Waals surface area contributed by atoms with Crippen LogP contribution in [0.5, 0.6) is 0 Å². The molecule has 19 heavy (non-hydrogen) atoms. The van der Waals surface area contributed by atoms with Gasteiger partial charge in [-0.05, 0) is 46.6 Å². The van der Waals surface area contributed by atoms with Crippen LogP contribution in [0.2, 0.25) is 5.02 Å². The summed E-state index contributed by atoms with van der Waals surface area (Å²) in [5.74, 6) is -1.64. The maximum Gasteiger partial charge on any atom is 0.146 e. The minimum atomic E-state index is -1.45. The third-order valence-corrected chi connectivity index (χ3v) is 3.74. The fourth-order valence-corrected chi connectivity index (χ4v) is 2.49. The van der Waals surface area contributed by atoms with Crippen LogP contribution in [-0.2, 0) is 0 Å². The summed E-state index contributed by atoms with van der Waals surface area (Å²) in [6.45, 7) is 1.84. The predicted molar refractivity (Wildman–Crippen MR) is 74.3 cm³/mol. The highest BCUT2D eigenvalue weighted by atomic mass is 79.9. The minimum absolute atomic E-state index is 0.0891. The van der Waals surface area contributed by atoms with Gasteiger partial charge in [0.2, 0.25) is 0 Å². The van der Waals surface area contributed by atoms with Crippen LogP contribution in [0.4, 0.5) is 8.78 Å². The normalized spacial score (nSPS) is 12.5. The number of benzene rings is 2. The SMILES string of the molecule is Cc1ccc(C(O)c2c(F)ccc(Br)c2F)c(Cl)c1. The zero-order valence-corrected chi connectivity index (χ0v) is 12.3. The van der Waals surface area contributed by atoms with Crippen LogP contribution in [0.3, 0.4) is 0 Å². The second kappa shape index (κ2) is 5.57. The Labute approximate surface area is 123 Å². The van der Waals surface area contributed by atoms with Gasteiger partial charge in [0, 0.05) is 10.6 Å². The Morgan fingerprint density at radius 2 is 1.89 bits per heavy atom. The van der Waals surface area contributed by atoms with Gasteiger partial charge >= 0.3 is 0 Å². The van der Waals surface area contributed by atoms with Gasteiger partial charge in [-0.15, -0.1) is 0 Å². The van der Waals surface area contributed by atoms with Crippen molar-refractivity contribution in [3.05, 3.63) is 68.2 Å². The molecule has 0 aliphatic rings. The fourth-order valence-electron chi connectivity index (χ4n) is 1.80. The summed E-state index contributed by atoms with van der Waals surface area (Å²) in [6.07, 6.45) is -1.45. The molecule has 0 aliphatic carbocycles. The van der Waals surface area contributed by atoms with Gasteiger partial charge in [-0.2, -0.15) is 0 Å². The van der Waals surface area contributed by atoms with E-state index in [-0.39, 0.29) is 15.1 Å². The second-order valence-electron chi connectivity index (χ2n) is 4.18. The van der Waals surface area contributed by atoms with Gasteiger partial charge in [0.15, 0.2) is 0 Å². The largest absolute Gasteiger partial charge is 0.383 e. The topological polar surface area (TPSA) is 20.2 Å². The molecule has 2 aromatic carbocycles. The summed E-state index contributed by atoms with van der Waals surface area (Å²) in [4.78, 5) is 0. The molecule has 100 valence electrons. The van der Waals surface area contributed by atoms with Crippen molar-refractivity contribution < 1.29 is 13.9 Å². The van der Waals surface area contributed by atoms with Gasteiger partial charge in [0.25, 0.3) is 0 Å². The van der Waals surface area contributed by atoms with E-state index in [1.807, 2.05) is 6.92 Å². The summed E-state index contributed by atoms with van der Waals surface area (Å²) in [5, 5.41) is 10.4. The van der Waals surface area contributed by atoms with Crippen molar-refractivity contribution >= 4 is 27.5 Å². The van der Waals surface area contributed by atoms with E-state index in [1.165, 1.54) is 6.07 Å². The lowest BCUT2D eigenvalue weighted by atomic mass is 9.99. The van der Waals surface area contributed by atoms with Gasteiger partial charge in [-0.25, -0.2) is 8.78 Å². The number of aryl methyl sites for hydroxylation is 1. The number of aliphatic hydroxyl groups excluding tert-OH is 1. The van der Waals surface area contributed by atoms with E-state index in [2.05, 4.69) is 15.9 Å². The number of aliphatic hydroxyl groups is 1. The van der Waals surface area contributed by atoms with E-state index >= 15 is 0 Å². The van der Waals surface area contributed by atoms with E-state index < -0.39 is 23.3 Å². The van der Waals surface area contributed by atoms with Crippen LogP contribution in [0, 0.1) is 18.6 Å². The molecule has 0 bridgehead atoms. The third-order valence-electron chi connectivity index (χ3n) is 2.80. The Balaban J connectivity index is 2.56. The van der Waals surface area contributed by atoms with Gasteiger partial charge in [-0.1, -0.05) is 23.7 Å². The first-order chi connectivity index (χ1) is 8.91. The molecule has 1 N–H and O–H groups in total. The Kier molecular flexibility index (Phi) is 4.23. The zero-order valence-electron chi connectivity index (χ0n) is 9.92. The lowest BCUT2D eigenvalue weighted by molar-refractivity contribution is 0.209. The number of halogens is 4. The van der Waals surface area contributed by atoms with Crippen molar-refractivity contribution in [1.82, 2.24) is 0 Å². The van der Waals surface area contributed by atoms with E-state index in [0.29, 0.717) is 0 Å². The third kappa shape index (κ3) is 2.81. The van der Waals surface area contributed by atoms with Crippen LogP contribution >= 0.6 is 27.5 Å². The number of hydrogen-bond donors (Lipinski definition) is 1. The average Bonchev–Trinajstić information content (AvgIpc) is 2.34. The van der Waals surface area contributed by atoms with Crippen molar-refractivity contribution in [1.29, 1.82) is 0 Å². The van der Waals surface area contributed by atoms with Crippen LogP contribution < -0.4 is 0 Å². The molecule has 1 unspecified atom stereocenters. The van der Waals surface area contributed by atoms with Crippen molar-refractivity contribution in [3.8, 4) is 0 Å². The first kappa shape index (κ1) is 14.4. The lowest BCUT2D eigenvalue weighted by Crippen LogP contribution is -2.07. The van der Waals surface area contributed by atoms with Crippen molar-refractivity contribution in [3.63, 3.8) is 0 Å². The highest BCUT2D eigenvalue weighted by molar-refractivity contribution is 9.10. The van der Waals surface area contributed by atoms with Crippen molar-refractivity contribution in [2.45, 2.75) is 13.0 Å². The maximum atomic E-state index is 13.9. The average molecular weight is 348 g/mol. The Morgan fingerprint density at radius 3 is 2.53 bits per heavy atom. The second-order valence-corrected chi connectivity index (χ2v) is 5.45. The zero-order chi connectivity index (χ0) is 14.2. The molecular formula is C14H10BrClF2O. The van der Waals surface area contributed by atoms with Gasteiger partial charge < -0.3 is 5.11 Å². The minimum Gasteiger partial charge on any atom is -0.383 e. The molecule has 2 aromatic rings. The predicted octanol–water partition coefficient (Wildman–Crippen LogP) is 4.77. The molecule has 0 saturated heterocycles. The number of hydrogen-bond acceptors (Lipinski definition) is 1. The fraction of sp³-hybridized carbons (Fsp3) is 0.143. The van der Waals surface area contributed by atoms with Crippen LogP contribution in [0.15, 0.2) is 34.8 Å². The molecule has 1 nitrogen and oxygen atoms in total. The van der Waals surface area contributed by atoms with Crippen molar-refractivity contribution in [2.24, 2.45) is 0 Å². The molecule has 0 radical (unpaired) electrons. The first-order valence-corrected chi connectivity index (χ1v) is 6.66. The summed E-state index contributed by atoms with van der Waals surface area (Å²) in [5.41, 5.74) is 0.749. The monoisotopic (exact) mass is 346 g/mol. The summed E-state index contributed by atoms with van der Waals surface area (Å²) >= 11 is 8.97. The molecule has 0 fully saturated rings. The Bertz CT molecular complexity index is 631. The Morgan fingerprint density at radius 1 is 1.21 bits per heavy atom. The maximum absolute atomic E-state index is 13.9. The molecule has 0 saturated carbocycles. The van der Waals surface area contributed by atoms with Crippen LogP contribution in [-0.4, -0.2) is 5.11 Å². The molecular weight excluding hydrogens is 338 g/mol. The Hall–Kier alpha value is -0.970. The molecule has 2 rings (SSSR count). The molecule has 0 aromatic heterocycles. The lowest BCUT2D eigenvalue weighted by Gasteiger charge is -2.16. The molecule has 0 spiro atoms.